The smallest absolute Gasteiger partial charge is 0.306 e. The minimum absolute atomic E-state index is 0. The molecule has 8 heteroatoms. The number of aryl methyl sites for hydroxylation is 1. The third-order valence-electron chi connectivity index (χ3n) is 4.17. The fourth-order valence-electron chi connectivity index (χ4n) is 2.89. The Kier molecular flexibility index (Phi) is 12.1. The van der Waals surface area contributed by atoms with Gasteiger partial charge in [0.2, 0.25) is 0 Å². The van der Waals surface area contributed by atoms with E-state index in [2.05, 4.69) is 20.7 Å². The van der Waals surface area contributed by atoms with Crippen molar-refractivity contribution in [2.75, 3.05) is 19.6 Å². The van der Waals surface area contributed by atoms with E-state index in [0.717, 1.165) is 51.3 Å². The van der Waals surface area contributed by atoms with Crippen LogP contribution in [-0.2, 0) is 16.1 Å². The Morgan fingerprint density at radius 1 is 1.31 bits per heavy atom. The molecular formula is C18H32IN5O2. The summed E-state index contributed by atoms with van der Waals surface area (Å²) in [4.78, 5) is 16.3. The van der Waals surface area contributed by atoms with Gasteiger partial charge in [-0.25, -0.2) is 0 Å². The number of ether oxygens (including phenoxy) is 1. The Hall–Kier alpha value is -1.32. The molecule has 0 bridgehead atoms. The van der Waals surface area contributed by atoms with E-state index in [-0.39, 0.29) is 36.0 Å². The van der Waals surface area contributed by atoms with Gasteiger partial charge in [0.15, 0.2) is 5.96 Å². The number of hydrogen-bond acceptors (Lipinski definition) is 4. The monoisotopic (exact) mass is 477 g/mol. The van der Waals surface area contributed by atoms with Crippen molar-refractivity contribution in [2.45, 2.75) is 64.5 Å². The lowest BCUT2D eigenvalue weighted by atomic mass is 10.3. The molecule has 7 nitrogen and oxygen atoms in total. The summed E-state index contributed by atoms with van der Waals surface area (Å²) in [6.07, 6.45) is 10.5. The van der Waals surface area contributed by atoms with Gasteiger partial charge in [-0.15, -0.1) is 24.0 Å². The van der Waals surface area contributed by atoms with Crippen LogP contribution in [0.4, 0.5) is 0 Å². The minimum Gasteiger partial charge on any atom is -0.462 e. The van der Waals surface area contributed by atoms with Crippen LogP contribution in [0, 0.1) is 0 Å². The van der Waals surface area contributed by atoms with Crippen molar-refractivity contribution in [1.82, 2.24) is 20.4 Å². The van der Waals surface area contributed by atoms with E-state index in [9.17, 15) is 4.79 Å². The lowest BCUT2D eigenvalue weighted by molar-refractivity contribution is -0.148. The van der Waals surface area contributed by atoms with E-state index < -0.39 is 0 Å². The number of halogens is 1. The molecule has 148 valence electrons. The highest BCUT2D eigenvalue weighted by molar-refractivity contribution is 14.0. The van der Waals surface area contributed by atoms with Gasteiger partial charge in [0.25, 0.3) is 0 Å². The molecule has 0 aromatic carbocycles. The van der Waals surface area contributed by atoms with Crippen molar-refractivity contribution >= 4 is 35.9 Å². The molecule has 1 saturated carbocycles. The van der Waals surface area contributed by atoms with Gasteiger partial charge in [0.1, 0.15) is 6.10 Å². The summed E-state index contributed by atoms with van der Waals surface area (Å²) in [6, 6.07) is 1.92. The molecule has 1 aliphatic carbocycles. The summed E-state index contributed by atoms with van der Waals surface area (Å²) in [7, 11) is 0. The van der Waals surface area contributed by atoms with Crippen LogP contribution in [0.3, 0.4) is 0 Å². The Morgan fingerprint density at radius 2 is 2.12 bits per heavy atom. The fraction of sp³-hybridized carbons (Fsp3) is 0.722. The van der Waals surface area contributed by atoms with Crippen LogP contribution in [0.1, 0.15) is 51.9 Å². The van der Waals surface area contributed by atoms with Crippen molar-refractivity contribution in [1.29, 1.82) is 0 Å². The van der Waals surface area contributed by atoms with Gasteiger partial charge in [0.05, 0.1) is 0 Å². The summed E-state index contributed by atoms with van der Waals surface area (Å²) in [5.41, 5.74) is 0. The van der Waals surface area contributed by atoms with E-state index in [4.69, 9.17) is 4.74 Å². The number of nitrogens with zero attached hydrogens (tertiary/aromatic N) is 3. The van der Waals surface area contributed by atoms with Crippen LogP contribution >= 0.6 is 24.0 Å². The lowest BCUT2D eigenvalue weighted by Crippen LogP contribution is -2.38. The Balaban J connectivity index is 0.00000338. The molecule has 0 spiro atoms. The fourth-order valence-corrected chi connectivity index (χ4v) is 2.89. The van der Waals surface area contributed by atoms with Crippen molar-refractivity contribution in [3.63, 3.8) is 0 Å². The first-order valence-electron chi connectivity index (χ1n) is 9.47. The van der Waals surface area contributed by atoms with Gasteiger partial charge >= 0.3 is 5.97 Å². The average Bonchev–Trinajstić information content (AvgIpc) is 3.29. The van der Waals surface area contributed by atoms with E-state index in [1.165, 1.54) is 12.8 Å². The first-order chi connectivity index (χ1) is 12.3. The highest BCUT2D eigenvalue weighted by atomic mass is 127. The second-order valence-electron chi connectivity index (χ2n) is 6.31. The Bertz CT molecular complexity index is 516. The molecule has 0 amide bonds. The van der Waals surface area contributed by atoms with E-state index in [1.807, 2.05) is 23.9 Å². The van der Waals surface area contributed by atoms with Crippen LogP contribution in [0.5, 0.6) is 0 Å². The maximum atomic E-state index is 11.8. The lowest BCUT2D eigenvalue weighted by Gasteiger charge is -2.13. The molecule has 1 aliphatic rings. The number of carbonyl (C=O) groups is 1. The topological polar surface area (TPSA) is 80.5 Å². The molecule has 0 unspecified atom stereocenters. The summed E-state index contributed by atoms with van der Waals surface area (Å²) in [6.45, 7) is 5.17. The molecule has 26 heavy (non-hydrogen) atoms. The van der Waals surface area contributed by atoms with Gasteiger partial charge in [-0.05, 0) is 51.5 Å². The highest BCUT2D eigenvalue weighted by Crippen LogP contribution is 2.21. The molecule has 0 radical (unpaired) electrons. The first kappa shape index (κ1) is 22.7. The second kappa shape index (κ2) is 13.8. The summed E-state index contributed by atoms with van der Waals surface area (Å²) < 4.78 is 7.37. The number of aliphatic imine (C=N–C) groups is 1. The van der Waals surface area contributed by atoms with Gasteiger partial charge in [0, 0.05) is 45.0 Å². The standard InChI is InChI=1S/C18H31N5O2.HI/c1-2-19-18(21-12-6-14-23-15-7-13-22-23)20-11-5-10-17(24)25-16-8-3-4-9-16;/h7,13,15-16H,2-6,8-12,14H2,1H3,(H2,19,20,21);1H. The molecular weight excluding hydrogens is 445 g/mol. The van der Waals surface area contributed by atoms with Crippen molar-refractivity contribution in [3.8, 4) is 0 Å². The van der Waals surface area contributed by atoms with E-state index in [1.54, 1.807) is 6.20 Å². The molecule has 2 N–H and O–H groups in total. The summed E-state index contributed by atoms with van der Waals surface area (Å²) in [5, 5.41) is 10.7. The van der Waals surface area contributed by atoms with Gasteiger partial charge in [-0.1, -0.05) is 0 Å². The van der Waals surface area contributed by atoms with Crippen LogP contribution in [0.25, 0.3) is 0 Å². The second-order valence-corrected chi connectivity index (χ2v) is 6.31. The maximum Gasteiger partial charge on any atom is 0.306 e. The summed E-state index contributed by atoms with van der Waals surface area (Å²) >= 11 is 0. The first-order valence-corrected chi connectivity index (χ1v) is 9.47. The number of guanidine groups is 1. The molecule has 0 aliphatic heterocycles. The van der Waals surface area contributed by atoms with Crippen LogP contribution < -0.4 is 10.6 Å². The van der Waals surface area contributed by atoms with E-state index in [0.29, 0.717) is 13.0 Å². The number of hydrogen-bond donors (Lipinski definition) is 2. The molecule has 2 rings (SSSR count). The molecule has 1 aromatic rings. The van der Waals surface area contributed by atoms with Crippen molar-refractivity contribution < 1.29 is 9.53 Å². The largest absolute Gasteiger partial charge is 0.462 e. The van der Waals surface area contributed by atoms with Gasteiger partial charge in [-0.2, -0.15) is 5.10 Å². The minimum atomic E-state index is -0.0742. The molecule has 1 heterocycles. The number of rotatable bonds is 10. The molecule has 0 atom stereocenters. The normalized spacial score (nSPS) is 14.7. The van der Waals surface area contributed by atoms with Crippen molar-refractivity contribution in [2.24, 2.45) is 4.99 Å². The van der Waals surface area contributed by atoms with Gasteiger partial charge in [-0.3, -0.25) is 14.5 Å². The SMILES string of the molecule is CCNC(=NCCCn1cccn1)NCCCC(=O)OC1CCCC1.I. The zero-order valence-electron chi connectivity index (χ0n) is 15.7. The van der Waals surface area contributed by atoms with Crippen LogP contribution in [0.15, 0.2) is 23.5 Å². The highest BCUT2D eigenvalue weighted by Gasteiger charge is 2.18. The average molecular weight is 477 g/mol. The number of aromatic nitrogens is 2. The number of carbonyl (C=O) groups excluding carboxylic acids is 1. The van der Waals surface area contributed by atoms with Gasteiger partial charge < -0.3 is 15.4 Å². The molecule has 1 aromatic heterocycles. The maximum absolute atomic E-state index is 11.8. The number of esters is 1. The summed E-state index contributed by atoms with van der Waals surface area (Å²) in [5.74, 6) is 0.724. The van der Waals surface area contributed by atoms with Crippen molar-refractivity contribution in [3.05, 3.63) is 18.5 Å². The molecule has 1 fully saturated rings. The van der Waals surface area contributed by atoms with Crippen LogP contribution in [-0.4, -0.2) is 47.4 Å². The molecule has 0 saturated heterocycles. The quantitative estimate of drug-likeness (QED) is 0.178. The Labute approximate surface area is 173 Å². The third-order valence-corrected chi connectivity index (χ3v) is 4.17. The van der Waals surface area contributed by atoms with E-state index >= 15 is 0 Å². The zero-order valence-corrected chi connectivity index (χ0v) is 18.0. The third kappa shape index (κ3) is 9.40. The van der Waals surface area contributed by atoms with Crippen LogP contribution in [0.2, 0.25) is 0 Å². The predicted octanol–water partition coefficient (Wildman–Crippen LogP) is 2.71. The Morgan fingerprint density at radius 3 is 2.81 bits per heavy atom. The zero-order chi connectivity index (χ0) is 17.7. The number of nitrogens with one attached hydrogen (secondary N) is 2. The predicted molar refractivity (Wildman–Crippen MR) is 114 cm³/mol.